The molecule has 1 aromatic rings. The topological polar surface area (TPSA) is 0 Å². The second-order valence-electron chi connectivity index (χ2n) is 11.5. The van der Waals surface area contributed by atoms with E-state index in [2.05, 4.69) is 19.9 Å². The van der Waals surface area contributed by atoms with Gasteiger partial charge in [0.15, 0.2) is 11.6 Å². The van der Waals surface area contributed by atoms with E-state index in [1.54, 1.807) is 0 Å². The maximum atomic E-state index is 15.3. The van der Waals surface area contributed by atoms with E-state index in [4.69, 9.17) is 0 Å². The third kappa shape index (κ3) is 5.58. The van der Waals surface area contributed by atoms with Crippen molar-refractivity contribution in [2.45, 2.75) is 129 Å². The maximum Gasteiger partial charge on any atom is 0.162 e. The number of halogens is 2. The van der Waals surface area contributed by atoms with Crippen LogP contribution in [0.1, 0.15) is 133 Å². The minimum atomic E-state index is -0.504. The molecule has 0 bridgehead atoms. The first-order chi connectivity index (χ1) is 15.6. The first-order valence-electron chi connectivity index (χ1n) is 14.1. The van der Waals surface area contributed by atoms with Crippen LogP contribution in [0.2, 0.25) is 0 Å². The van der Waals surface area contributed by atoms with Crippen molar-refractivity contribution < 1.29 is 8.78 Å². The first-order valence-corrected chi connectivity index (χ1v) is 14.1. The zero-order chi connectivity index (χ0) is 22.5. The SMILES string of the molecule is CCCCCCC1CCc2cc(C3CCC4CC(CCCC)CCC4C3)c(F)c(F)c2C1. The lowest BCUT2D eigenvalue weighted by molar-refractivity contribution is 0.112. The van der Waals surface area contributed by atoms with Crippen LogP contribution >= 0.6 is 0 Å². The zero-order valence-electron chi connectivity index (χ0n) is 20.7. The van der Waals surface area contributed by atoms with Crippen molar-refractivity contribution in [2.75, 3.05) is 0 Å². The van der Waals surface area contributed by atoms with Gasteiger partial charge in [0.25, 0.3) is 0 Å². The van der Waals surface area contributed by atoms with Crippen LogP contribution < -0.4 is 0 Å². The summed E-state index contributed by atoms with van der Waals surface area (Å²) in [5.41, 5.74) is 2.55. The van der Waals surface area contributed by atoms with E-state index in [0.29, 0.717) is 17.0 Å². The molecule has 0 nitrogen and oxygen atoms in total. The maximum absolute atomic E-state index is 15.3. The van der Waals surface area contributed by atoms with E-state index in [1.807, 2.05) is 0 Å². The smallest absolute Gasteiger partial charge is 0.162 e. The zero-order valence-corrected chi connectivity index (χ0v) is 20.7. The Morgan fingerprint density at radius 2 is 1.50 bits per heavy atom. The highest BCUT2D eigenvalue weighted by Gasteiger charge is 2.37. The van der Waals surface area contributed by atoms with Crippen LogP contribution in [0, 0.1) is 35.3 Å². The molecule has 0 radical (unpaired) electrons. The Morgan fingerprint density at radius 1 is 0.750 bits per heavy atom. The highest BCUT2D eigenvalue weighted by molar-refractivity contribution is 5.38. The molecular weight excluding hydrogens is 398 g/mol. The van der Waals surface area contributed by atoms with Crippen LogP contribution in [0.15, 0.2) is 6.07 Å². The molecular formula is C30H46F2. The highest BCUT2D eigenvalue weighted by atomic mass is 19.2. The Morgan fingerprint density at radius 3 is 2.31 bits per heavy atom. The Bertz CT molecular complexity index is 739. The standard InChI is InChI=1S/C30H46F2/c1-3-5-7-8-10-22-12-14-26-20-28(30(32)29(31)27(26)18-22)25-16-15-23-17-21(9-6-4-2)11-13-24(23)19-25/h20-25H,3-19H2,1-2H3. The fourth-order valence-electron chi connectivity index (χ4n) is 7.36. The molecule has 3 aliphatic carbocycles. The van der Waals surface area contributed by atoms with Crippen molar-refractivity contribution in [3.05, 3.63) is 34.4 Å². The molecule has 0 amide bonds. The lowest BCUT2D eigenvalue weighted by Crippen LogP contribution is -2.31. The van der Waals surface area contributed by atoms with Crippen molar-refractivity contribution in [3.8, 4) is 0 Å². The van der Waals surface area contributed by atoms with Crippen LogP contribution in [0.5, 0.6) is 0 Å². The normalized spacial score (nSPS) is 30.1. The summed E-state index contributed by atoms with van der Waals surface area (Å²) in [4.78, 5) is 0. The lowest BCUT2D eigenvalue weighted by Gasteiger charge is -2.42. The second kappa shape index (κ2) is 11.5. The highest BCUT2D eigenvalue weighted by Crippen LogP contribution is 2.49. The number of hydrogen-bond acceptors (Lipinski definition) is 0. The molecule has 1 aromatic carbocycles. The van der Waals surface area contributed by atoms with Gasteiger partial charge in [-0.1, -0.05) is 77.7 Å². The van der Waals surface area contributed by atoms with Crippen LogP contribution in [-0.2, 0) is 12.8 Å². The molecule has 3 aliphatic rings. The lowest BCUT2D eigenvalue weighted by atomic mass is 9.63. The van der Waals surface area contributed by atoms with Gasteiger partial charge < -0.3 is 0 Å². The quantitative estimate of drug-likeness (QED) is 0.333. The van der Waals surface area contributed by atoms with Gasteiger partial charge in [-0.15, -0.1) is 0 Å². The fraction of sp³-hybridized carbons (Fsp3) is 0.800. The monoisotopic (exact) mass is 444 g/mol. The van der Waals surface area contributed by atoms with Crippen LogP contribution in [-0.4, -0.2) is 0 Å². The predicted molar refractivity (Wildman–Crippen MR) is 131 cm³/mol. The third-order valence-electron chi connectivity index (χ3n) is 9.34. The van der Waals surface area contributed by atoms with Gasteiger partial charge in [-0.25, -0.2) is 8.78 Å². The van der Waals surface area contributed by atoms with Gasteiger partial charge in [-0.05, 0) is 97.6 Å². The van der Waals surface area contributed by atoms with Gasteiger partial charge >= 0.3 is 0 Å². The molecule has 2 fully saturated rings. The molecule has 32 heavy (non-hydrogen) atoms. The molecule has 0 spiro atoms. The summed E-state index contributed by atoms with van der Waals surface area (Å²) < 4.78 is 30.5. The van der Waals surface area contributed by atoms with E-state index in [-0.39, 0.29) is 5.92 Å². The summed E-state index contributed by atoms with van der Waals surface area (Å²) in [5.74, 6) is 2.25. The summed E-state index contributed by atoms with van der Waals surface area (Å²) in [6.45, 7) is 4.52. The van der Waals surface area contributed by atoms with Crippen molar-refractivity contribution in [3.63, 3.8) is 0 Å². The first kappa shape index (κ1) is 24.2. The number of benzene rings is 1. The molecule has 5 atom stereocenters. The van der Waals surface area contributed by atoms with Gasteiger partial charge in [-0.2, -0.15) is 0 Å². The number of fused-ring (bicyclic) bond motifs is 2. The van der Waals surface area contributed by atoms with Crippen molar-refractivity contribution in [1.29, 1.82) is 0 Å². The molecule has 5 unspecified atom stereocenters. The average molecular weight is 445 g/mol. The fourth-order valence-corrected chi connectivity index (χ4v) is 7.36. The second-order valence-corrected chi connectivity index (χ2v) is 11.5. The Balaban J connectivity index is 1.39. The summed E-state index contributed by atoms with van der Waals surface area (Å²) in [7, 11) is 0. The van der Waals surface area contributed by atoms with Gasteiger partial charge in [0.1, 0.15) is 0 Å². The minimum Gasteiger partial charge on any atom is -0.203 e. The van der Waals surface area contributed by atoms with E-state index in [9.17, 15) is 0 Å². The van der Waals surface area contributed by atoms with E-state index < -0.39 is 11.6 Å². The molecule has 2 heteroatoms. The molecule has 0 aliphatic heterocycles. The van der Waals surface area contributed by atoms with E-state index in [0.717, 1.165) is 55.4 Å². The number of unbranched alkanes of at least 4 members (excludes halogenated alkanes) is 4. The molecule has 2 saturated carbocycles. The van der Waals surface area contributed by atoms with E-state index >= 15 is 8.78 Å². The van der Waals surface area contributed by atoms with Crippen LogP contribution in [0.4, 0.5) is 8.78 Å². The van der Waals surface area contributed by atoms with Gasteiger partial charge in [0.05, 0.1) is 0 Å². The average Bonchev–Trinajstić information content (AvgIpc) is 2.82. The predicted octanol–water partition coefficient (Wildman–Crippen LogP) is 9.53. The minimum absolute atomic E-state index is 0.231. The summed E-state index contributed by atoms with van der Waals surface area (Å²) >= 11 is 0. The Kier molecular flexibility index (Phi) is 8.68. The molecule has 4 rings (SSSR count). The van der Waals surface area contributed by atoms with Gasteiger partial charge in [-0.3, -0.25) is 0 Å². The molecule has 0 heterocycles. The molecule has 0 saturated heterocycles. The Hall–Kier alpha value is -0.920. The van der Waals surface area contributed by atoms with Gasteiger partial charge in [0, 0.05) is 0 Å². The largest absolute Gasteiger partial charge is 0.203 e. The summed E-state index contributed by atoms with van der Waals surface area (Å²) in [6.07, 6.45) is 20.5. The summed E-state index contributed by atoms with van der Waals surface area (Å²) in [6, 6.07) is 2.10. The van der Waals surface area contributed by atoms with Crippen LogP contribution in [0.25, 0.3) is 0 Å². The molecule has 180 valence electrons. The van der Waals surface area contributed by atoms with Crippen LogP contribution in [0.3, 0.4) is 0 Å². The van der Waals surface area contributed by atoms with Crippen molar-refractivity contribution in [1.82, 2.24) is 0 Å². The number of rotatable bonds is 9. The number of hydrogen-bond donors (Lipinski definition) is 0. The number of aryl methyl sites for hydroxylation is 1. The molecule has 0 aromatic heterocycles. The van der Waals surface area contributed by atoms with Crippen molar-refractivity contribution >= 4 is 0 Å². The van der Waals surface area contributed by atoms with Gasteiger partial charge in [0.2, 0.25) is 0 Å². The molecule has 0 N–H and O–H groups in total. The van der Waals surface area contributed by atoms with Crippen molar-refractivity contribution in [2.24, 2.45) is 23.7 Å². The van der Waals surface area contributed by atoms with E-state index in [1.165, 1.54) is 77.0 Å². The third-order valence-corrected chi connectivity index (χ3v) is 9.34. The Labute approximate surface area is 196 Å². The summed E-state index contributed by atoms with van der Waals surface area (Å²) in [5, 5.41) is 0.